The van der Waals surface area contributed by atoms with Gasteiger partial charge in [-0.1, -0.05) is 29.7 Å². The van der Waals surface area contributed by atoms with E-state index in [1.54, 1.807) is 26.8 Å². The van der Waals surface area contributed by atoms with Gasteiger partial charge in [-0.2, -0.15) is 0 Å². The number of rotatable bonds is 5. The molecule has 0 spiro atoms. The van der Waals surface area contributed by atoms with Gasteiger partial charge in [0.1, 0.15) is 0 Å². The summed E-state index contributed by atoms with van der Waals surface area (Å²) in [6, 6.07) is 14.2. The molecule has 2 heterocycles. The molecule has 5 heteroatoms. The van der Waals surface area contributed by atoms with Gasteiger partial charge in [0.25, 0.3) is 0 Å². The summed E-state index contributed by atoms with van der Waals surface area (Å²) >= 11 is 0. The highest BCUT2D eigenvalue weighted by molar-refractivity contribution is 6.47. The highest BCUT2D eigenvalue weighted by Gasteiger charge is 2.61. The molecule has 3 aromatic rings. The van der Waals surface area contributed by atoms with E-state index >= 15 is 0 Å². The lowest BCUT2D eigenvalue weighted by atomic mass is 9.83. The van der Waals surface area contributed by atoms with Crippen LogP contribution in [-0.4, -0.2) is 33.8 Å². The largest absolute Gasteiger partial charge is 0.426 e. The molecule has 0 saturated heterocycles. The van der Waals surface area contributed by atoms with E-state index in [0.29, 0.717) is 6.42 Å². The van der Waals surface area contributed by atoms with Crippen LogP contribution in [0.2, 0.25) is 0 Å². The zero-order valence-corrected chi connectivity index (χ0v) is 14.9. The van der Waals surface area contributed by atoms with E-state index in [0.717, 1.165) is 27.7 Å². The standard InChI is InChI=1S/C21H20BN2O2/c1-20(25)14-21(20,2)26-22-19-10-17(15-5-3-7-23-12-15)9-18(11-19)16-6-4-8-24-13-16/h3-13,25H,14H2,1-2H3. The average Bonchev–Trinajstić information content (AvgIpc) is 3.19. The zero-order chi connectivity index (χ0) is 18.2. The molecule has 2 unspecified atom stereocenters. The Morgan fingerprint density at radius 1 is 0.923 bits per heavy atom. The third-order valence-corrected chi connectivity index (χ3v) is 5.10. The predicted octanol–water partition coefficient (Wildman–Crippen LogP) is 2.99. The molecule has 1 aromatic carbocycles. The van der Waals surface area contributed by atoms with Crippen molar-refractivity contribution in [3.05, 3.63) is 67.3 Å². The number of aromatic nitrogens is 2. The molecule has 1 aliphatic carbocycles. The number of benzene rings is 1. The maximum Gasteiger partial charge on any atom is 0.330 e. The fraction of sp³-hybridized carbons (Fsp3) is 0.238. The van der Waals surface area contributed by atoms with E-state index in [2.05, 4.69) is 28.2 Å². The molecule has 0 bridgehead atoms. The molecular formula is C21H20BN2O2. The minimum atomic E-state index is -0.767. The van der Waals surface area contributed by atoms with Crippen LogP contribution in [0.5, 0.6) is 0 Å². The van der Waals surface area contributed by atoms with Crippen molar-refractivity contribution in [2.24, 2.45) is 0 Å². The van der Waals surface area contributed by atoms with Crippen molar-refractivity contribution in [1.82, 2.24) is 9.97 Å². The lowest BCUT2D eigenvalue weighted by molar-refractivity contribution is 0.0639. The molecule has 4 nitrogen and oxygen atoms in total. The van der Waals surface area contributed by atoms with E-state index in [1.165, 1.54) is 0 Å². The first kappa shape index (κ1) is 16.9. The number of hydrogen-bond acceptors (Lipinski definition) is 4. The van der Waals surface area contributed by atoms with Crippen LogP contribution < -0.4 is 5.46 Å². The quantitative estimate of drug-likeness (QED) is 0.724. The molecule has 1 fully saturated rings. The van der Waals surface area contributed by atoms with Gasteiger partial charge in [0.15, 0.2) is 0 Å². The zero-order valence-electron chi connectivity index (χ0n) is 14.9. The van der Waals surface area contributed by atoms with Crippen molar-refractivity contribution >= 4 is 12.9 Å². The first-order valence-corrected chi connectivity index (χ1v) is 8.66. The number of hydrogen-bond donors (Lipinski definition) is 1. The van der Waals surface area contributed by atoms with Crippen molar-refractivity contribution in [2.75, 3.05) is 0 Å². The second kappa shape index (κ2) is 6.34. The predicted molar refractivity (Wildman–Crippen MR) is 103 cm³/mol. The maximum atomic E-state index is 10.1. The van der Waals surface area contributed by atoms with Gasteiger partial charge in [0.05, 0.1) is 11.2 Å². The van der Waals surface area contributed by atoms with Crippen LogP contribution in [0.1, 0.15) is 20.3 Å². The fourth-order valence-corrected chi connectivity index (χ4v) is 3.10. The summed E-state index contributed by atoms with van der Waals surface area (Å²) < 4.78 is 5.92. The van der Waals surface area contributed by atoms with Gasteiger partial charge in [-0.05, 0) is 54.3 Å². The number of aliphatic hydroxyl groups is 1. The van der Waals surface area contributed by atoms with Crippen molar-refractivity contribution in [2.45, 2.75) is 31.5 Å². The van der Waals surface area contributed by atoms with E-state index in [1.807, 2.05) is 43.6 Å². The molecule has 1 N–H and O–H groups in total. The van der Waals surface area contributed by atoms with Gasteiger partial charge in [0, 0.05) is 31.2 Å². The summed E-state index contributed by atoms with van der Waals surface area (Å²) in [7, 11) is 1.74. The van der Waals surface area contributed by atoms with Gasteiger partial charge < -0.3 is 9.76 Å². The van der Waals surface area contributed by atoms with E-state index in [-0.39, 0.29) is 0 Å². The Labute approximate surface area is 154 Å². The lowest BCUT2D eigenvalue weighted by Gasteiger charge is -2.16. The Morgan fingerprint density at radius 2 is 1.46 bits per heavy atom. The molecule has 0 amide bonds. The average molecular weight is 343 g/mol. The second-order valence-corrected chi connectivity index (χ2v) is 7.24. The smallest absolute Gasteiger partial charge is 0.330 e. The lowest BCUT2D eigenvalue weighted by Crippen LogP contribution is -2.29. The van der Waals surface area contributed by atoms with Crippen LogP contribution in [0, 0.1) is 0 Å². The highest BCUT2D eigenvalue weighted by atomic mass is 16.5. The first-order valence-electron chi connectivity index (χ1n) is 8.66. The van der Waals surface area contributed by atoms with Crippen molar-refractivity contribution in [3.8, 4) is 22.3 Å². The fourth-order valence-electron chi connectivity index (χ4n) is 3.10. The molecule has 1 radical (unpaired) electrons. The molecule has 0 aliphatic heterocycles. The van der Waals surface area contributed by atoms with Gasteiger partial charge >= 0.3 is 7.48 Å². The Bertz CT molecular complexity index is 858. The summed E-state index contributed by atoms with van der Waals surface area (Å²) in [5.74, 6) is 0. The van der Waals surface area contributed by atoms with Crippen LogP contribution >= 0.6 is 0 Å². The third kappa shape index (κ3) is 3.28. The summed E-state index contributed by atoms with van der Waals surface area (Å²) in [5.41, 5.74) is 3.84. The van der Waals surface area contributed by atoms with Crippen molar-refractivity contribution in [3.63, 3.8) is 0 Å². The van der Waals surface area contributed by atoms with Crippen molar-refractivity contribution in [1.29, 1.82) is 0 Å². The van der Waals surface area contributed by atoms with Crippen LogP contribution in [-0.2, 0) is 4.65 Å². The number of pyridine rings is 2. The molecule has 129 valence electrons. The number of nitrogens with zero attached hydrogens (tertiary/aromatic N) is 2. The Kier molecular flexibility index (Phi) is 4.13. The van der Waals surface area contributed by atoms with Crippen LogP contribution in [0.25, 0.3) is 22.3 Å². The van der Waals surface area contributed by atoms with Gasteiger partial charge in [0.2, 0.25) is 0 Å². The Balaban J connectivity index is 1.69. The summed E-state index contributed by atoms with van der Waals surface area (Å²) in [6.07, 6.45) is 7.86. The normalized spacial score (nSPS) is 24.3. The SMILES string of the molecule is CC1(O)CC1(C)O[B]c1cc(-c2cccnc2)cc(-c2cccnc2)c1. The Hall–Kier alpha value is -2.50. The van der Waals surface area contributed by atoms with Crippen LogP contribution in [0.3, 0.4) is 0 Å². The topological polar surface area (TPSA) is 55.2 Å². The summed E-state index contributed by atoms with van der Waals surface area (Å²) in [5, 5.41) is 10.1. The van der Waals surface area contributed by atoms with Gasteiger partial charge in [-0.3, -0.25) is 9.97 Å². The molecule has 1 aliphatic rings. The summed E-state index contributed by atoms with van der Waals surface area (Å²) in [6.45, 7) is 3.73. The van der Waals surface area contributed by atoms with Crippen molar-refractivity contribution < 1.29 is 9.76 Å². The molecule has 1 saturated carbocycles. The second-order valence-electron chi connectivity index (χ2n) is 7.24. The monoisotopic (exact) mass is 343 g/mol. The molecular weight excluding hydrogens is 323 g/mol. The highest BCUT2D eigenvalue weighted by Crippen LogP contribution is 2.49. The maximum absolute atomic E-state index is 10.1. The van der Waals surface area contributed by atoms with Crippen LogP contribution in [0.4, 0.5) is 0 Å². The minimum Gasteiger partial charge on any atom is -0.426 e. The van der Waals surface area contributed by atoms with Gasteiger partial charge in [-0.25, -0.2) is 0 Å². The van der Waals surface area contributed by atoms with Crippen LogP contribution in [0.15, 0.2) is 67.3 Å². The third-order valence-electron chi connectivity index (χ3n) is 5.10. The van der Waals surface area contributed by atoms with Gasteiger partial charge in [-0.15, -0.1) is 0 Å². The molecule has 2 atom stereocenters. The summed E-state index contributed by atoms with van der Waals surface area (Å²) in [4.78, 5) is 8.44. The van der Waals surface area contributed by atoms with E-state index in [4.69, 9.17) is 4.65 Å². The van der Waals surface area contributed by atoms with E-state index < -0.39 is 11.2 Å². The molecule has 4 rings (SSSR count). The minimum absolute atomic E-state index is 0.522. The molecule has 2 aromatic heterocycles. The van der Waals surface area contributed by atoms with E-state index in [9.17, 15) is 5.11 Å². The first-order chi connectivity index (χ1) is 12.5. The Morgan fingerprint density at radius 3 is 1.88 bits per heavy atom. The molecule has 26 heavy (non-hydrogen) atoms.